The quantitative estimate of drug-likeness (QED) is 0.632. The van der Waals surface area contributed by atoms with Crippen molar-refractivity contribution >= 4 is 17.4 Å². The van der Waals surface area contributed by atoms with Gasteiger partial charge in [0.1, 0.15) is 5.82 Å². The summed E-state index contributed by atoms with van der Waals surface area (Å²) in [6.07, 6.45) is -3.33. The molecule has 4 rings (SSSR count). The van der Waals surface area contributed by atoms with E-state index in [0.29, 0.717) is 30.5 Å². The van der Waals surface area contributed by atoms with Crippen LogP contribution in [0.3, 0.4) is 0 Å². The minimum Gasteiger partial charge on any atom is -0.294 e. The van der Waals surface area contributed by atoms with Crippen molar-refractivity contribution in [2.45, 2.75) is 37.8 Å². The van der Waals surface area contributed by atoms with Crippen LogP contribution in [0.15, 0.2) is 59.8 Å². The van der Waals surface area contributed by atoms with Crippen molar-refractivity contribution in [1.29, 1.82) is 0 Å². The van der Waals surface area contributed by atoms with Gasteiger partial charge in [-0.25, -0.2) is 4.39 Å². The second kappa shape index (κ2) is 7.13. The molecule has 150 valence electrons. The highest BCUT2D eigenvalue weighted by Crippen LogP contribution is 2.44. The molecule has 0 N–H and O–H groups in total. The van der Waals surface area contributed by atoms with Gasteiger partial charge >= 0.3 is 6.18 Å². The molecule has 1 amide bonds. The molecule has 1 heterocycles. The molecule has 0 saturated heterocycles. The Morgan fingerprint density at radius 3 is 2.28 bits per heavy atom. The van der Waals surface area contributed by atoms with E-state index in [-0.39, 0.29) is 29.4 Å². The summed E-state index contributed by atoms with van der Waals surface area (Å²) in [6, 6.07) is 10.3. The van der Waals surface area contributed by atoms with Gasteiger partial charge in [-0.05, 0) is 48.7 Å². The van der Waals surface area contributed by atoms with Crippen LogP contribution in [0, 0.1) is 5.82 Å². The van der Waals surface area contributed by atoms with Gasteiger partial charge in [0.2, 0.25) is 5.91 Å². The SMILES string of the molecule is O=C1CCCC2=C1C(c1ccccc1F)CC(=O)N2c1ccc(C(F)(F)F)cc1. The van der Waals surface area contributed by atoms with Crippen molar-refractivity contribution in [3.05, 3.63) is 76.7 Å². The van der Waals surface area contributed by atoms with Crippen LogP contribution in [0.2, 0.25) is 0 Å². The standard InChI is InChI=1S/C22H17F4NO2/c23-17-5-2-1-4-15(17)16-12-20(29)27(18-6-3-7-19(28)21(16)18)14-10-8-13(9-11-14)22(24,25)26/h1-2,4-5,8-11,16H,3,6-7,12H2. The number of Topliss-reactive ketones (excluding diaryl/α,β-unsaturated/α-hetero) is 1. The van der Waals surface area contributed by atoms with Gasteiger partial charge in [-0.3, -0.25) is 14.5 Å². The Bertz CT molecular complexity index is 1010. The monoisotopic (exact) mass is 403 g/mol. The zero-order valence-corrected chi connectivity index (χ0v) is 15.3. The van der Waals surface area contributed by atoms with Gasteiger partial charge in [0, 0.05) is 35.7 Å². The third-order valence-electron chi connectivity index (χ3n) is 5.41. The predicted molar refractivity (Wildman–Crippen MR) is 98.6 cm³/mol. The van der Waals surface area contributed by atoms with E-state index in [9.17, 15) is 27.2 Å². The van der Waals surface area contributed by atoms with Gasteiger partial charge in [0.05, 0.1) is 5.56 Å². The van der Waals surface area contributed by atoms with Crippen LogP contribution in [0.5, 0.6) is 0 Å². The number of carbonyl (C=O) groups is 2. The summed E-state index contributed by atoms with van der Waals surface area (Å²) in [5.74, 6) is -1.69. The molecule has 0 bridgehead atoms. The van der Waals surface area contributed by atoms with Crippen LogP contribution in [-0.4, -0.2) is 11.7 Å². The molecule has 0 aromatic heterocycles. The predicted octanol–water partition coefficient (Wildman–Crippen LogP) is 5.37. The summed E-state index contributed by atoms with van der Waals surface area (Å²) in [6.45, 7) is 0. The van der Waals surface area contributed by atoms with Crippen LogP contribution in [0.4, 0.5) is 23.2 Å². The van der Waals surface area contributed by atoms with Gasteiger partial charge in [-0.15, -0.1) is 0 Å². The number of anilines is 1. The van der Waals surface area contributed by atoms with Gasteiger partial charge in [-0.1, -0.05) is 18.2 Å². The Hall–Kier alpha value is -2.96. The minimum atomic E-state index is -4.48. The van der Waals surface area contributed by atoms with E-state index < -0.39 is 23.5 Å². The molecule has 1 atom stereocenters. The Morgan fingerprint density at radius 2 is 1.62 bits per heavy atom. The van der Waals surface area contributed by atoms with Crippen LogP contribution in [-0.2, 0) is 15.8 Å². The number of hydrogen-bond donors (Lipinski definition) is 0. The third kappa shape index (κ3) is 3.45. The van der Waals surface area contributed by atoms with Gasteiger partial charge in [0.25, 0.3) is 0 Å². The molecule has 29 heavy (non-hydrogen) atoms. The third-order valence-corrected chi connectivity index (χ3v) is 5.41. The molecule has 0 radical (unpaired) electrons. The van der Waals surface area contributed by atoms with Crippen molar-refractivity contribution in [3.8, 4) is 0 Å². The Labute approximate surface area is 164 Å². The Balaban J connectivity index is 1.82. The Morgan fingerprint density at radius 1 is 0.931 bits per heavy atom. The highest BCUT2D eigenvalue weighted by Gasteiger charge is 2.40. The maximum Gasteiger partial charge on any atom is 0.416 e. The fourth-order valence-corrected chi connectivity index (χ4v) is 4.12. The molecule has 0 saturated carbocycles. The van der Waals surface area contributed by atoms with Gasteiger partial charge < -0.3 is 0 Å². The largest absolute Gasteiger partial charge is 0.416 e. The number of halogens is 4. The first-order chi connectivity index (χ1) is 13.8. The van der Waals surface area contributed by atoms with E-state index in [1.165, 1.54) is 29.2 Å². The fourth-order valence-electron chi connectivity index (χ4n) is 4.12. The van der Waals surface area contributed by atoms with Crippen molar-refractivity contribution in [2.75, 3.05) is 4.90 Å². The lowest BCUT2D eigenvalue weighted by Gasteiger charge is -2.38. The maximum absolute atomic E-state index is 14.4. The van der Waals surface area contributed by atoms with Crippen LogP contribution < -0.4 is 4.90 Å². The molecule has 0 spiro atoms. The molecule has 7 heteroatoms. The lowest BCUT2D eigenvalue weighted by atomic mass is 9.77. The van der Waals surface area contributed by atoms with E-state index in [0.717, 1.165) is 12.1 Å². The summed E-state index contributed by atoms with van der Waals surface area (Å²) in [4.78, 5) is 27.0. The number of nitrogens with zero attached hydrogens (tertiary/aromatic N) is 1. The lowest BCUT2D eigenvalue weighted by molar-refractivity contribution is -0.137. The van der Waals surface area contributed by atoms with E-state index in [2.05, 4.69) is 0 Å². The number of rotatable bonds is 2. The molecule has 3 nitrogen and oxygen atoms in total. The normalized spacial score (nSPS) is 20.1. The molecule has 2 aromatic carbocycles. The van der Waals surface area contributed by atoms with Crippen LogP contribution in [0.25, 0.3) is 0 Å². The zero-order valence-electron chi connectivity index (χ0n) is 15.3. The second-order valence-corrected chi connectivity index (χ2v) is 7.19. The first-order valence-electron chi connectivity index (χ1n) is 9.28. The average molecular weight is 403 g/mol. The number of ketones is 1. The second-order valence-electron chi connectivity index (χ2n) is 7.19. The number of allylic oxidation sites excluding steroid dienone is 2. The summed E-state index contributed by atoms with van der Waals surface area (Å²) in [5, 5.41) is 0. The summed E-state index contributed by atoms with van der Waals surface area (Å²) >= 11 is 0. The van der Waals surface area contributed by atoms with E-state index in [4.69, 9.17) is 0 Å². The van der Waals surface area contributed by atoms with Crippen LogP contribution in [0.1, 0.15) is 42.7 Å². The van der Waals surface area contributed by atoms with Crippen molar-refractivity contribution < 1.29 is 27.2 Å². The topological polar surface area (TPSA) is 37.4 Å². The van der Waals surface area contributed by atoms with Crippen molar-refractivity contribution in [2.24, 2.45) is 0 Å². The number of amides is 1. The van der Waals surface area contributed by atoms with Crippen molar-refractivity contribution in [1.82, 2.24) is 0 Å². The highest BCUT2D eigenvalue weighted by atomic mass is 19.4. The summed E-state index contributed by atoms with van der Waals surface area (Å²) in [5.41, 5.74) is 0.600. The summed E-state index contributed by atoms with van der Waals surface area (Å²) < 4.78 is 53.0. The minimum absolute atomic E-state index is 0.119. The molecule has 1 aliphatic carbocycles. The highest BCUT2D eigenvalue weighted by molar-refractivity contribution is 6.07. The number of alkyl halides is 3. The first-order valence-corrected chi connectivity index (χ1v) is 9.28. The number of benzene rings is 2. The average Bonchev–Trinajstić information content (AvgIpc) is 2.67. The lowest BCUT2D eigenvalue weighted by Crippen LogP contribution is -2.40. The van der Waals surface area contributed by atoms with E-state index >= 15 is 0 Å². The fraction of sp³-hybridized carbons (Fsp3) is 0.273. The number of hydrogen-bond acceptors (Lipinski definition) is 2. The van der Waals surface area contributed by atoms with Gasteiger partial charge in [-0.2, -0.15) is 13.2 Å². The maximum atomic E-state index is 14.4. The number of carbonyl (C=O) groups excluding carboxylic acids is 2. The first kappa shape index (κ1) is 19.4. The van der Waals surface area contributed by atoms with Crippen molar-refractivity contribution in [3.63, 3.8) is 0 Å². The molecule has 2 aliphatic rings. The Kier molecular flexibility index (Phi) is 4.76. The molecular formula is C22H17F4NO2. The van der Waals surface area contributed by atoms with E-state index in [1.54, 1.807) is 12.1 Å². The summed E-state index contributed by atoms with van der Waals surface area (Å²) in [7, 11) is 0. The molecule has 2 aromatic rings. The molecule has 1 aliphatic heterocycles. The van der Waals surface area contributed by atoms with E-state index in [1.807, 2.05) is 0 Å². The van der Waals surface area contributed by atoms with Crippen LogP contribution >= 0.6 is 0 Å². The molecule has 0 fully saturated rings. The van der Waals surface area contributed by atoms with Gasteiger partial charge in [0.15, 0.2) is 5.78 Å². The molecular weight excluding hydrogens is 386 g/mol. The molecule has 1 unspecified atom stereocenters. The zero-order chi connectivity index (χ0) is 20.8. The smallest absolute Gasteiger partial charge is 0.294 e.